The van der Waals surface area contributed by atoms with Crippen LogP contribution >= 0.6 is 58.0 Å². The van der Waals surface area contributed by atoms with Crippen molar-refractivity contribution in [1.29, 1.82) is 0 Å². The second-order valence-electron chi connectivity index (χ2n) is 7.86. The molecule has 1 aliphatic rings. The molecule has 0 saturated heterocycles. The summed E-state index contributed by atoms with van der Waals surface area (Å²) in [7, 11) is 0. The first-order valence-corrected chi connectivity index (χ1v) is 11.8. The molecule has 3 N–H and O–H groups in total. The Labute approximate surface area is 215 Å². The number of carbonyl (C=O) groups excluding carboxylic acids is 2. The smallest absolute Gasteiger partial charge is 0.231 e. The zero-order chi connectivity index (χ0) is 23.9. The molecule has 2 atom stereocenters. The number of halogens is 5. The highest BCUT2D eigenvalue weighted by molar-refractivity contribution is 6.53. The number of hydrogen-bond acceptors (Lipinski definition) is 3. The van der Waals surface area contributed by atoms with Crippen molar-refractivity contribution >= 4 is 81.1 Å². The van der Waals surface area contributed by atoms with E-state index in [9.17, 15) is 9.59 Å². The molecule has 1 amide bonds. The van der Waals surface area contributed by atoms with Gasteiger partial charge in [-0.3, -0.25) is 9.59 Å². The van der Waals surface area contributed by atoms with E-state index in [-0.39, 0.29) is 23.1 Å². The summed E-state index contributed by atoms with van der Waals surface area (Å²) in [4.78, 5) is 25.8. The number of carbonyl (C=O) groups is 2. The number of nitrogen functional groups attached to an aromatic ring is 1. The van der Waals surface area contributed by atoms with Gasteiger partial charge in [0, 0.05) is 39.3 Å². The van der Waals surface area contributed by atoms with E-state index in [1.807, 2.05) is 0 Å². The Morgan fingerprint density at radius 2 is 1.55 bits per heavy atom. The summed E-state index contributed by atoms with van der Waals surface area (Å²) in [5.41, 5.74) is 8.48. The van der Waals surface area contributed by atoms with Gasteiger partial charge in [0.05, 0.1) is 10.9 Å². The van der Waals surface area contributed by atoms with Crippen LogP contribution in [0.25, 0.3) is 0 Å². The number of Topliss-reactive ketones (excluding diaryl/α,β-unsaturated/α-hetero) is 1. The lowest BCUT2D eigenvalue weighted by molar-refractivity contribution is -0.117. The van der Waals surface area contributed by atoms with Gasteiger partial charge in [-0.1, -0.05) is 46.9 Å². The largest absolute Gasteiger partial charge is 0.399 e. The van der Waals surface area contributed by atoms with Gasteiger partial charge < -0.3 is 11.1 Å². The van der Waals surface area contributed by atoms with Gasteiger partial charge in [0.15, 0.2) is 5.78 Å². The Kier molecular flexibility index (Phi) is 6.86. The van der Waals surface area contributed by atoms with Crippen LogP contribution in [0.4, 0.5) is 11.4 Å². The van der Waals surface area contributed by atoms with Crippen LogP contribution in [0.1, 0.15) is 27.4 Å². The van der Waals surface area contributed by atoms with Crippen LogP contribution < -0.4 is 11.1 Å². The lowest BCUT2D eigenvalue weighted by Crippen LogP contribution is -2.17. The van der Waals surface area contributed by atoms with Crippen LogP contribution in [0.3, 0.4) is 0 Å². The maximum Gasteiger partial charge on any atom is 0.231 e. The zero-order valence-electron chi connectivity index (χ0n) is 16.9. The Bertz CT molecular complexity index is 1220. The van der Waals surface area contributed by atoms with Gasteiger partial charge in [-0.25, -0.2) is 0 Å². The number of nitrogens with one attached hydrogen (secondary N) is 1. The highest BCUT2D eigenvalue weighted by Crippen LogP contribution is 2.65. The highest BCUT2D eigenvalue weighted by Gasteiger charge is 2.67. The third-order valence-electron chi connectivity index (χ3n) is 5.46. The van der Waals surface area contributed by atoms with Gasteiger partial charge >= 0.3 is 0 Å². The first kappa shape index (κ1) is 24.2. The van der Waals surface area contributed by atoms with Crippen LogP contribution in [0.2, 0.25) is 15.1 Å². The van der Waals surface area contributed by atoms with Crippen molar-refractivity contribution in [3.63, 3.8) is 0 Å². The second-order valence-corrected chi connectivity index (χ2v) is 10.6. The van der Waals surface area contributed by atoms with Crippen molar-refractivity contribution in [2.45, 2.75) is 16.7 Å². The summed E-state index contributed by atoms with van der Waals surface area (Å²) >= 11 is 31.2. The van der Waals surface area contributed by atoms with Gasteiger partial charge in [0.25, 0.3) is 0 Å². The Morgan fingerprint density at radius 3 is 2.18 bits per heavy atom. The van der Waals surface area contributed by atoms with Crippen molar-refractivity contribution in [2.24, 2.45) is 5.92 Å². The molecule has 0 aliphatic heterocycles. The number of rotatable bonds is 6. The quantitative estimate of drug-likeness (QED) is 0.197. The maximum absolute atomic E-state index is 13.0. The van der Waals surface area contributed by atoms with E-state index in [2.05, 4.69) is 5.32 Å². The van der Waals surface area contributed by atoms with Crippen molar-refractivity contribution in [1.82, 2.24) is 0 Å². The number of ketones is 1. The molecule has 4 rings (SSSR count). The second kappa shape index (κ2) is 9.36. The molecule has 3 aromatic rings. The molecular formula is C24H17Cl5N2O2. The van der Waals surface area contributed by atoms with Crippen LogP contribution in [-0.2, 0) is 11.2 Å². The molecule has 3 aromatic carbocycles. The average molecular weight is 543 g/mol. The minimum Gasteiger partial charge on any atom is -0.399 e. The summed E-state index contributed by atoms with van der Waals surface area (Å²) in [5, 5.41) is 3.92. The topological polar surface area (TPSA) is 72.2 Å². The van der Waals surface area contributed by atoms with Crippen LogP contribution in [0, 0.1) is 5.92 Å². The maximum atomic E-state index is 13.0. The number of anilines is 2. The molecule has 0 aromatic heterocycles. The molecule has 0 spiro atoms. The lowest BCUT2D eigenvalue weighted by atomic mass is 10.0. The van der Waals surface area contributed by atoms with E-state index in [0.29, 0.717) is 32.5 Å². The monoisotopic (exact) mass is 540 g/mol. The molecule has 1 saturated carbocycles. The van der Waals surface area contributed by atoms with Crippen LogP contribution in [-0.4, -0.2) is 16.0 Å². The molecule has 2 unspecified atom stereocenters. The Morgan fingerprint density at radius 1 is 0.909 bits per heavy atom. The molecule has 33 heavy (non-hydrogen) atoms. The molecular weight excluding hydrogens is 526 g/mol. The summed E-state index contributed by atoms with van der Waals surface area (Å²) in [6.07, 6.45) is 0.143. The first-order chi connectivity index (χ1) is 15.6. The number of amides is 1. The third-order valence-corrected chi connectivity index (χ3v) is 7.17. The predicted molar refractivity (Wildman–Crippen MR) is 136 cm³/mol. The summed E-state index contributed by atoms with van der Waals surface area (Å²) in [6.45, 7) is 0. The van der Waals surface area contributed by atoms with E-state index in [1.54, 1.807) is 54.6 Å². The first-order valence-electron chi connectivity index (χ1n) is 9.88. The van der Waals surface area contributed by atoms with E-state index >= 15 is 0 Å². The van der Waals surface area contributed by atoms with Gasteiger partial charge in [0.1, 0.15) is 4.33 Å². The fourth-order valence-corrected chi connectivity index (χ4v) is 5.37. The molecule has 0 heterocycles. The predicted octanol–water partition coefficient (Wildman–Crippen LogP) is 7.18. The van der Waals surface area contributed by atoms with Crippen molar-refractivity contribution in [2.75, 3.05) is 11.1 Å². The summed E-state index contributed by atoms with van der Waals surface area (Å²) in [6, 6.07) is 16.7. The van der Waals surface area contributed by atoms with Gasteiger partial charge in [-0.05, 0) is 59.7 Å². The standard InChI is InChI=1S/C24H17Cl5N2O2/c25-14-8-13(9-15(26)10-14)21-22(24(21,28)29)23(33)31-17-5-6-19(27)18(11-17)20(32)7-12-1-3-16(30)4-2-12/h1-6,8-11,21-22H,7,30H2,(H,31,33). The molecule has 1 fully saturated rings. The number of benzene rings is 3. The number of hydrogen-bond donors (Lipinski definition) is 2. The lowest BCUT2D eigenvalue weighted by Gasteiger charge is -2.09. The number of alkyl halides is 2. The van der Waals surface area contributed by atoms with Crippen molar-refractivity contribution < 1.29 is 9.59 Å². The Hall–Kier alpha value is -1.95. The Balaban J connectivity index is 1.50. The van der Waals surface area contributed by atoms with Gasteiger partial charge in [0.2, 0.25) is 5.91 Å². The minimum absolute atomic E-state index is 0.143. The van der Waals surface area contributed by atoms with Crippen LogP contribution in [0.5, 0.6) is 0 Å². The zero-order valence-corrected chi connectivity index (χ0v) is 20.7. The third kappa shape index (κ3) is 5.26. The summed E-state index contributed by atoms with van der Waals surface area (Å²) in [5.74, 6) is -1.78. The molecule has 170 valence electrons. The van der Waals surface area contributed by atoms with Gasteiger partial charge in [-0.2, -0.15) is 0 Å². The number of nitrogens with two attached hydrogens (primary N) is 1. The summed E-state index contributed by atoms with van der Waals surface area (Å²) < 4.78 is -1.31. The minimum atomic E-state index is -1.31. The molecule has 0 bridgehead atoms. The molecule has 0 radical (unpaired) electrons. The van der Waals surface area contributed by atoms with Crippen molar-refractivity contribution in [3.8, 4) is 0 Å². The van der Waals surface area contributed by atoms with E-state index in [1.165, 1.54) is 6.07 Å². The SMILES string of the molecule is Nc1ccc(CC(=O)c2cc(NC(=O)C3C(c4cc(Cl)cc(Cl)c4)C3(Cl)Cl)ccc2Cl)cc1. The fraction of sp³-hybridized carbons (Fsp3) is 0.167. The van der Waals surface area contributed by atoms with Gasteiger partial charge in [-0.15, -0.1) is 23.2 Å². The van der Waals surface area contributed by atoms with E-state index < -0.39 is 16.2 Å². The molecule has 4 nitrogen and oxygen atoms in total. The highest BCUT2D eigenvalue weighted by atomic mass is 35.5. The average Bonchev–Trinajstić information content (AvgIpc) is 3.32. The van der Waals surface area contributed by atoms with Crippen molar-refractivity contribution in [3.05, 3.63) is 92.4 Å². The van der Waals surface area contributed by atoms with Crippen LogP contribution in [0.15, 0.2) is 60.7 Å². The van der Waals surface area contributed by atoms with E-state index in [0.717, 1.165) is 5.56 Å². The van der Waals surface area contributed by atoms with E-state index in [4.69, 9.17) is 63.7 Å². The normalized spacial score (nSPS) is 18.6. The fourth-order valence-electron chi connectivity index (χ4n) is 3.78. The molecule has 9 heteroatoms. The molecule has 1 aliphatic carbocycles.